The number of fused-ring (bicyclic) bond motifs is 1. The van der Waals surface area contributed by atoms with E-state index in [1.807, 2.05) is 46.7 Å². The van der Waals surface area contributed by atoms with Crippen LogP contribution in [0.4, 0.5) is 5.69 Å². The molecule has 2 heterocycles. The van der Waals surface area contributed by atoms with Crippen molar-refractivity contribution in [1.82, 2.24) is 0 Å². The minimum absolute atomic E-state index is 0.0552. The van der Waals surface area contributed by atoms with E-state index in [-0.39, 0.29) is 17.9 Å². The van der Waals surface area contributed by atoms with Crippen LogP contribution in [0.5, 0.6) is 17.2 Å². The predicted octanol–water partition coefficient (Wildman–Crippen LogP) is 5.80. The average molecular weight is 446 g/mol. The molecule has 0 saturated carbocycles. The van der Waals surface area contributed by atoms with E-state index in [4.69, 9.17) is 14.2 Å². The van der Waals surface area contributed by atoms with Crippen LogP contribution in [-0.4, -0.2) is 27.2 Å². The number of amides is 1. The van der Waals surface area contributed by atoms with E-state index < -0.39 is 0 Å². The van der Waals surface area contributed by atoms with Gasteiger partial charge in [0.15, 0.2) is 11.5 Å². The Balaban J connectivity index is 1.69. The third kappa shape index (κ3) is 3.10. The predicted molar refractivity (Wildman–Crippen MR) is 127 cm³/mol. The molecule has 3 aromatic carbocycles. The lowest BCUT2D eigenvalue weighted by atomic mass is 9.79. The maximum absolute atomic E-state index is 13.6. The lowest BCUT2D eigenvalue weighted by Crippen LogP contribution is -2.53. The Hall–Kier alpha value is -3.51. The molecular weight excluding hydrogens is 422 g/mol. The highest BCUT2D eigenvalue weighted by Crippen LogP contribution is 2.53. The smallest absolute Gasteiger partial charge is 0.238 e. The van der Waals surface area contributed by atoms with E-state index in [0.29, 0.717) is 17.2 Å². The SMILES string of the molecule is COc1cc(N2C(=O)[C@H](c3cccs3)[C@H]2c2cccc3ccccc23)cc(OC)c1OC. The number of hydrogen-bond donors (Lipinski definition) is 0. The first-order valence-electron chi connectivity index (χ1n) is 10.3. The molecule has 0 spiro atoms. The van der Waals surface area contributed by atoms with E-state index >= 15 is 0 Å². The van der Waals surface area contributed by atoms with E-state index in [1.54, 1.807) is 32.7 Å². The Morgan fingerprint density at radius 2 is 1.56 bits per heavy atom. The topological polar surface area (TPSA) is 48.0 Å². The van der Waals surface area contributed by atoms with Crippen molar-refractivity contribution in [1.29, 1.82) is 0 Å². The third-order valence-electron chi connectivity index (χ3n) is 6.02. The van der Waals surface area contributed by atoms with Crippen LogP contribution in [0.3, 0.4) is 0 Å². The molecule has 1 amide bonds. The van der Waals surface area contributed by atoms with Crippen LogP contribution < -0.4 is 19.1 Å². The summed E-state index contributed by atoms with van der Waals surface area (Å²) in [7, 11) is 4.73. The lowest BCUT2D eigenvalue weighted by Gasteiger charge is -2.47. The van der Waals surface area contributed by atoms with Gasteiger partial charge in [0.1, 0.15) is 0 Å². The summed E-state index contributed by atoms with van der Waals surface area (Å²) in [5, 5.41) is 4.32. The van der Waals surface area contributed by atoms with Crippen molar-refractivity contribution >= 4 is 33.7 Å². The van der Waals surface area contributed by atoms with Gasteiger partial charge in [-0.25, -0.2) is 0 Å². The van der Waals surface area contributed by atoms with Gasteiger partial charge in [0.2, 0.25) is 11.7 Å². The second kappa shape index (κ2) is 8.20. The molecule has 5 rings (SSSR count). The molecule has 5 nitrogen and oxygen atoms in total. The highest BCUT2D eigenvalue weighted by atomic mass is 32.1. The fourth-order valence-corrected chi connectivity index (χ4v) is 5.40. The van der Waals surface area contributed by atoms with Crippen molar-refractivity contribution in [2.75, 3.05) is 26.2 Å². The number of benzene rings is 3. The van der Waals surface area contributed by atoms with Crippen LogP contribution >= 0.6 is 11.3 Å². The van der Waals surface area contributed by atoms with Crippen molar-refractivity contribution in [2.24, 2.45) is 0 Å². The number of thiophene rings is 1. The highest BCUT2D eigenvalue weighted by molar-refractivity contribution is 7.10. The summed E-state index contributed by atoms with van der Waals surface area (Å²) < 4.78 is 16.6. The summed E-state index contributed by atoms with van der Waals surface area (Å²) in [4.78, 5) is 16.5. The van der Waals surface area contributed by atoms with E-state index in [9.17, 15) is 4.79 Å². The Morgan fingerprint density at radius 3 is 2.22 bits per heavy atom. The van der Waals surface area contributed by atoms with Crippen LogP contribution in [0.1, 0.15) is 22.4 Å². The number of methoxy groups -OCH3 is 3. The summed E-state index contributed by atoms with van der Waals surface area (Å²) in [5.74, 6) is 1.36. The van der Waals surface area contributed by atoms with Crippen LogP contribution in [-0.2, 0) is 4.79 Å². The summed E-state index contributed by atoms with van der Waals surface area (Å²) in [6.07, 6.45) is 0. The number of nitrogens with zero attached hydrogens (tertiary/aromatic N) is 1. The van der Waals surface area contributed by atoms with Crippen LogP contribution in [0.2, 0.25) is 0 Å². The number of hydrogen-bond acceptors (Lipinski definition) is 5. The van der Waals surface area contributed by atoms with E-state index in [0.717, 1.165) is 26.9 Å². The first-order valence-corrected chi connectivity index (χ1v) is 11.2. The molecule has 1 fully saturated rings. The van der Waals surface area contributed by atoms with Crippen LogP contribution in [0.25, 0.3) is 10.8 Å². The fraction of sp³-hybridized carbons (Fsp3) is 0.192. The van der Waals surface area contributed by atoms with Crippen molar-refractivity contribution in [3.05, 3.63) is 82.6 Å². The second-order valence-electron chi connectivity index (χ2n) is 7.60. The molecule has 32 heavy (non-hydrogen) atoms. The van der Waals surface area contributed by atoms with Gasteiger partial charge in [-0.05, 0) is 27.8 Å². The van der Waals surface area contributed by atoms with Gasteiger partial charge in [-0.2, -0.15) is 0 Å². The van der Waals surface area contributed by atoms with Crippen molar-refractivity contribution in [3.63, 3.8) is 0 Å². The fourth-order valence-electron chi connectivity index (χ4n) is 4.56. The Morgan fingerprint density at radius 1 is 0.844 bits per heavy atom. The third-order valence-corrected chi connectivity index (χ3v) is 6.97. The number of carbonyl (C=O) groups is 1. The van der Waals surface area contributed by atoms with E-state index in [1.165, 1.54) is 0 Å². The summed E-state index contributed by atoms with van der Waals surface area (Å²) in [6, 6.07) is 22.1. The molecule has 162 valence electrons. The molecular formula is C26H23NO4S. The minimum Gasteiger partial charge on any atom is -0.493 e. The molecule has 1 aliphatic rings. The van der Waals surface area contributed by atoms with Gasteiger partial charge in [0.25, 0.3) is 0 Å². The van der Waals surface area contributed by atoms with Crippen molar-refractivity contribution in [2.45, 2.75) is 12.0 Å². The Bertz CT molecular complexity index is 1250. The molecule has 0 radical (unpaired) electrons. The zero-order valence-corrected chi connectivity index (χ0v) is 18.9. The normalized spacial score (nSPS) is 17.8. The van der Waals surface area contributed by atoms with Gasteiger partial charge in [-0.1, -0.05) is 48.5 Å². The number of ether oxygens (including phenoxy) is 3. The average Bonchev–Trinajstić information content (AvgIpc) is 3.35. The quantitative estimate of drug-likeness (QED) is 0.352. The summed E-state index contributed by atoms with van der Waals surface area (Å²) in [5.41, 5.74) is 1.84. The monoisotopic (exact) mass is 445 g/mol. The number of carbonyl (C=O) groups excluding carboxylic acids is 1. The number of β-lactam (4-membered cyclic amide) rings is 1. The Kier molecular flexibility index (Phi) is 5.23. The zero-order valence-electron chi connectivity index (χ0n) is 18.1. The standard InChI is InChI=1S/C26H23NO4S/c1-29-20-14-17(15-21(30-2)25(20)31-3)27-24(23(26(27)28)22-12-7-13-32-22)19-11-6-9-16-8-4-5-10-18(16)19/h4-15,23-24H,1-3H3/t23-,24-/m1/s1. The van der Waals surface area contributed by atoms with Crippen LogP contribution in [0, 0.1) is 0 Å². The number of rotatable bonds is 6. The number of anilines is 1. The van der Waals surface area contributed by atoms with Crippen molar-refractivity contribution < 1.29 is 19.0 Å². The van der Waals surface area contributed by atoms with Gasteiger partial charge < -0.3 is 19.1 Å². The molecule has 0 unspecified atom stereocenters. The van der Waals surface area contributed by atoms with Gasteiger partial charge in [-0.3, -0.25) is 4.79 Å². The van der Waals surface area contributed by atoms with Gasteiger partial charge in [0, 0.05) is 17.0 Å². The molecule has 1 aliphatic heterocycles. The van der Waals surface area contributed by atoms with E-state index in [2.05, 4.69) is 30.3 Å². The van der Waals surface area contributed by atoms with Gasteiger partial charge in [-0.15, -0.1) is 11.3 Å². The molecule has 0 bridgehead atoms. The molecule has 6 heteroatoms. The minimum atomic E-state index is -0.236. The molecule has 1 aromatic heterocycles. The first-order chi connectivity index (χ1) is 15.7. The largest absolute Gasteiger partial charge is 0.493 e. The van der Waals surface area contributed by atoms with Gasteiger partial charge in [0.05, 0.1) is 39.0 Å². The zero-order chi connectivity index (χ0) is 22.2. The maximum atomic E-state index is 13.6. The molecule has 0 N–H and O–H groups in total. The maximum Gasteiger partial charge on any atom is 0.238 e. The summed E-state index contributed by atoms with van der Waals surface area (Å²) >= 11 is 1.62. The lowest BCUT2D eigenvalue weighted by molar-refractivity contribution is -0.126. The van der Waals surface area contributed by atoms with Crippen LogP contribution in [0.15, 0.2) is 72.1 Å². The first kappa shape index (κ1) is 20.4. The summed E-state index contributed by atoms with van der Waals surface area (Å²) in [6.45, 7) is 0. The Labute approximate surface area is 190 Å². The van der Waals surface area contributed by atoms with Gasteiger partial charge >= 0.3 is 0 Å². The van der Waals surface area contributed by atoms with Crippen molar-refractivity contribution in [3.8, 4) is 17.2 Å². The molecule has 0 aliphatic carbocycles. The molecule has 4 aromatic rings. The highest BCUT2D eigenvalue weighted by Gasteiger charge is 2.51. The second-order valence-corrected chi connectivity index (χ2v) is 8.58. The molecule has 1 saturated heterocycles. The molecule has 2 atom stereocenters.